The number of aromatic nitrogens is 2. The van der Waals surface area contributed by atoms with Gasteiger partial charge in [0.2, 0.25) is 5.91 Å². The van der Waals surface area contributed by atoms with Crippen LogP contribution in [0.5, 0.6) is 5.75 Å². The Morgan fingerprint density at radius 1 is 1.21 bits per heavy atom. The maximum absolute atomic E-state index is 14.1. The van der Waals surface area contributed by atoms with E-state index in [0.29, 0.717) is 43.3 Å². The summed E-state index contributed by atoms with van der Waals surface area (Å²) in [5.74, 6) is 1.03. The van der Waals surface area contributed by atoms with Crippen molar-refractivity contribution in [1.82, 2.24) is 9.55 Å². The number of anilines is 1. The normalized spacial score (nSPS) is 14.4. The van der Waals surface area contributed by atoms with E-state index in [2.05, 4.69) is 18.3 Å². The Hall–Kier alpha value is -3.91. The van der Waals surface area contributed by atoms with E-state index in [0.717, 1.165) is 41.5 Å². The van der Waals surface area contributed by atoms with Crippen molar-refractivity contribution >= 4 is 55.6 Å². The van der Waals surface area contributed by atoms with Crippen LogP contribution in [0.15, 0.2) is 63.9 Å². The number of thiophene rings is 2. The van der Waals surface area contributed by atoms with Crippen molar-refractivity contribution in [1.29, 1.82) is 5.26 Å². The highest BCUT2D eigenvalue weighted by atomic mass is 32.2. The highest BCUT2D eigenvalue weighted by molar-refractivity contribution is 7.99. The molecule has 0 bridgehead atoms. The maximum atomic E-state index is 14.1. The molecule has 212 valence electrons. The van der Waals surface area contributed by atoms with Gasteiger partial charge in [0.25, 0.3) is 5.56 Å². The number of rotatable bonds is 7. The minimum Gasteiger partial charge on any atom is -0.497 e. The lowest BCUT2D eigenvalue weighted by molar-refractivity contribution is -0.113. The second-order valence-corrected chi connectivity index (χ2v) is 13.3. The van der Waals surface area contributed by atoms with Gasteiger partial charge in [0.1, 0.15) is 21.7 Å². The molecule has 1 aliphatic rings. The number of nitrogens with one attached hydrogen (secondary N) is 1. The number of amides is 1. The molecule has 42 heavy (non-hydrogen) atoms. The monoisotopic (exact) mass is 612 g/mol. The molecule has 3 aromatic heterocycles. The summed E-state index contributed by atoms with van der Waals surface area (Å²) in [6.07, 6.45) is 2.85. The Morgan fingerprint density at radius 3 is 2.69 bits per heavy atom. The van der Waals surface area contributed by atoms with Crippen LogP contribution in [-0.4, -0.2) is 28.3 Å². The van der Waals surface area contributed by atoms with Gasteiger partial charge in [-0.15, -0.1) is 22.7 Å². The zero-order valence-electron chi connectivity index (χ0n) is 23.4. The van der Waals surface area contributed by atoms with Crippen molar-refractivity contribution in [2.75, 3.05) is 18.2 Å². The van der Waals surface area contributed by atoms with Gasteiger partial charge in [-0.2, -0.15) is 5.26 Å². The molecule has 5 aromatic rings. The predicted molar refractivity (Wildman–Crippen MR) is 172 cm³/mol. The van der Waals surface area contributed by atoms with Gasteiger partial charge in [0.15, 0.2) is 5.16 Å². The summed E-state index contributed by atoms with van der Waals surface area (Å²) in [5, 5.41) is 16.3. The molecule has 1 atom stereocenters. The third-order valence-corrected chi connectivity index (χ3v) is 10.5. The van der Waals surface area contributed by atoms with E-state index < -0.39 is 0 Å². The number of benzene rings is 2. The summed E-state index contributed by atoms with van der Waals surface area (Å²) in [7, 11) is 1.59. The molecule has 0 aliphatic heterocycles. The number of fused-ring (bicyclic) bond motifs is 2. The van der Waals surface area contributed by atoms with Crippen LogP contribution in [0, 0.1) is 24.2 Å². The Labute approximate surface area is 255 Å². The summed E-state index contributed by atoms with van der Waals surface area (Å²) in [6.45, 7) is 4.24. The Bertz CT molecular complexity index is 1900. The molecular formula is C32H28N4O3S3. The third-order valence-electron chi connectivity index (χ3n) is 7.48. The fraction of sp³-hybridized carbons (Fsp3) is 0.250. The van der Waals surface area contributed by atoms with Crippen LogP contribution in [0.2, 0.25) is 0 Å². The lowest BCUT2D eigenvalue weighted by Crippen LogP contribution is -2.22. The van der Waals surface area contributed by atoms with Crippen molar-refractivity contribution in [2.45, 2.75) is 38.3 Å². The summed E-state index contributed by atoms with van der Waals surface area (Å²) < 4.78 is 6.88. The van der Waals surface area contributed by atoms with E-state index in [-0.39, 0.29) is 17.2 Å². The molecule has 10 heteroatoms. The number of hydrogen-bond acceptors (Lipinski definition) is 8. The van der Waals surface area contributed by atoms with Crippen LogP contribution in [0.4, 0.5) is 5.00 Å². The molecule has 1 aliphatic carbocycles. The number of nitriles is 1. The molecule has 0 saturated carbocycles. The van der Waals surface area contributed by atoms with Crippen molar-refractivity contribution in [3.63, 3.8) is 0 Å². The zero-order valence-corrected chi connectivity index (χ0v) is 25.8. The molecule has 1 amide bonds. The van der Waals surface area contributed by atoms with Crippen LogP contribution in [0.1, 0.15) is 34.9 Å². The quantitative estimate of drug-likeness (QED) is 0.154. The Kier molecular flexibility index (Phi) is 7.90. The summed E-state index contributed by atoms with van der Waals surface area (Å²) in [6, 6.07) is 17.6. The van der Waals surface area contributed by atoms with Crippen molar-refractivity contribution < 1.29 is 9.53 Å². The molecule has 0 radical (unpaired) electrons. The number of methoxy groups -OCH3 is 1. The van der Waals surface area contributed by atoms with Crippen LogP contribution in [0.3, 0.4) is 0 Å². The fourth-order valence-corrected chi connectivity index (χ4v) is 8.40. The number of ether oxygens (including phenoxy) is 1. The molecule has 0 saturated heterocycles. The average molecular weight is 613 g/mol. The highest BCUT2D eigenvalue weighted by Gasteiger charge is 2.25. The second kappa shape index (κ2) is 11.8. The number of carbonyl (C=O) groups excluding carboxylic acids is 1. The van der Waals surface area contributed by atoms with Gasteiger partial charge in [0, 0.05) is 15.8 Å². The second-order valence-electron chi connectivity index (χ2n) is 10.4. The summed E-state index contributed by atoms with van der Waals surface area (Å²) in [5.41, 5.74) is 5.02. The Balaban J connectivity index is 1.34. The third kappa shape index (κ3) is 5.36. The highest BCUT2D eigenvalue weighted by Crippen LogP contribution is 2.39. The SMILES string of the molecule is COc1ccc(-n2c(SCC(=O)Nc3sc4c(c3C#N)CCC(C)C4)nc3scc(-c4ccc(C)cc4)c3c2=O)cc1. The lowest BCUT2D eigenvalue weighted by Gasteiger charge is -2.17. The first-order valence-corrected chi connectivity index (χ1v) is 16.3. The predicted octanol–water partition coefficient (Wildman–Crippen LogP) is 7.22. The molecule has 1 N–H and O–H groups in total. The van der Waals surface area contributed by atoms with E-state index >= 15 is 0 Å². The van der Waals surface area contributed by atoms with Gasteiger partial charge in [-0.3, -0.25) is 14.2 Å². The summed E-state index contributed by atoms with van der Waals surface area (Å²) in [4.78, 5) is 34.0. The molecule has 3 heterocycles. The van der Waals surface area contributed by atoms with E-state index in [4.69, 9.17) is 9.72 Å². The Morgan fingerprint density at radius 2 is 1.98 bits per heavy atom. The van der Waals surface area contributed by atoms with E-state index in [9.17, 15) is 14.9 Å². The van der Waals surface area contributed by atoms with Gasteiger partial charge in [-0.25, -0.2) is 4.98 Å². The largest absolute Gasteiger partial charge is 0.497 e. The molecule has 6 rings (SSSR count). The molecule has 7 nitrogen and oxygen atoms in total. The maximum Gasteiger partial charge on any atom is 0.268 e. The van der Waals surface area contributed by atoms with Crippen molar-refractivity contribution in [2.24, 2.45) is 5.92 Å². The van der Waals surface area contributed by atoms with Gasteiger partial charge in [-0.05, 0) is 67.5 Å². The van der Waals surface area contributed by atoms with E-state index in [1.54, 1.807) is 23.8 Å². The lowest BCUT2D eigenvalue weighted by atomic mass is 9.89. The molecular weight excluding hydrogens is 585 g/mol. The number of carbonyl (C=O) groups is 1. The molecule has 0 fully saturated rings. The first-order valence-electron chi connectivity index (χ1n) is 13.6. The number of nitrogens with zero attached hydrogens (tertiary/aromatic N) is 3. The van der Waals surface area contributed by atoms with Gasteiger partial charge in [-0.1, -0.05) is 48.5 Å². The minimum atomic E-state index is -0.245. The first-order chi connectivity index (χ1) is 20.4. The first kappa shape index (κ1) is 28.2. The summed E-state index contributed by atoms with van der Waals surface area (Å²) >= 11 is 4.12. The van der Waals surface area contributed by atoms with Crippen molar-refractivity contribution in [3.05, 3.63) is 85.8 Å². The zero-order chi connectivity index (χ0) is 29.4. The van der Waals surface area contributed by atoms with E-state index in [1.165, 1.54) is 39.3 Å². The van der Waals surface area contributed by atoms with Crippen LogP contribution in [-0.2, 0) is 17.6 Å². The van der Waals surface area contributed by atoms with Crippen molar-refractivity contribution in [3.8, 4) is 28.6 Å². The number of thioether (sulfide) groups is 1. The van der Waals surface area contributed by atoms with Crippen LogP contribution in [0.25, 0.3) is 27.0 Å². The fourth-order valence-electron chi connectivity index (χ4n) is 5.22. The topological polar surface area (TPSA) is 97.0 Å². The van der Waals surface area contributed by atoms with Gasteiger partial charge >= 0.3 is 0 Å². The van der Waals surface area contributed by atoms with Gasteiger partial charge in [0.05, 0.1) is 29.5 Å². The molecule has 1 unspecified atom stereocenters. The number of hydrogen-bond donors (Lipinski definition) is 1. The smallest absolute Gasteiger partial charge is 0.268 e. The van der Waals surface area contributed by atoms with Crippen LogP contribution < -0.4 is 15.6 Å². The van der Waals surface area contributed by atoms with E-state index in [1.807, 2.05) is 48.7 Å². The molecule has 0 spiro atoms. The molecule has 2 aromatic carbocycles. The average Bonchev–Trinajstić information content (AvgIpc) is 3.57. The number of aryl methyl sites for hydroxylation is 1. The van der Waals surface area contributed by atoms with Crippen LogP contribution >= 0.6 is 34.4 Å². The minimum absolute atomic E-state index is 0.0358. The van der Waals surface area contributed by atoms with Gasteiger partial charge < -0.3 is 10.1 Å². The standard InChI is InChI=1S/C32H28N4O3S3/c1-18-4-7-20(8-5-18)25-16-40-30-28(25)31(38)36(21-9-11-22(39-3)12-10-21)32(35-30)41-17-27(37)34-29-24(15-33)23-13-6-19(2)14-26(23)42-29/h4-5,7-12,16,19H,6,13-14,17H2,1-3H3,(H,34,37).